The molecule has 0 aliphatic rings. The van der Waals surface area contributed by atoms with E-state index in [0.717, 1.165) is 16.3 Å². The molecule has 1 amide bonds. The van der Waals surface area contributed by atoms with Gasteiger partial charge in [-0.1, -0.05) is 6.92 Å². The fourth-order valence-electron chi connectivity index (χ4n) is 2.25. The van der Waals surface area contributed by atoms with Crippen LogP contribution in [-0.4, -0.2) is 27.4 Å². The summed E-state index contributed by atoms with van der Waals surface area (Å²) in [5.41, 5.74) is 2.63. The first-order valence-electron chi connectivity index (χ1n) is 7.76. The Morgan fingerprint density at radius 2 is 2.08 bits per heavy atom. The summed E-state index contributed by atoms with van der Waals surface area (Å²) in [4.78, 5) is 24.9. The number of oxazole rings is 1. The van der Waals surface area contributed by atoms with Crippen molar-refractivity contribution in [2.45, 2.75) is 26.7 Å². The van der Waals surface area contributed by atoms with E-state index in [-0.39, 0.29) is 5.91 Å². The van der Waals surface area contributed by atoms with E-state index in [1.165, 1.54) is 0 Å². The second-order valence-electron chi connectivity index (χ2n) is 5.26. The summed E-state index contributed by atoms with van der Waals surface area (Å²) in [5, 5.41) is 5.82. The first-order valence-corrected chi connectivity index (χ1v) is 8.64. The van der Waals surface area contributed by atoms with E-state index >= 15 is 0 Å². The maximum atomic E-state index is 12.1. The molecule has 0 bridgehead atoms. The molecule has 124 valence electrons. The van der Waals surface area contributed by atoms with Gasteiger partial charge in [-0.3, -0.25) is 9.78 Å². The van der Waals surface area contributed by atoms with Crippen molar-refractivity contribution in [1.82, 2.24) is 20.3 Å². The number of hydrogen-bond donors (Lipinski definition) is 1. The molecule has 0 atom stereocenters. The van der Waals surface area contributed by atoms with E-state index in [9.17, 15) is 4.79 Å². The van der Waals surface area contributed by atoms with E-state index in [4.69, 9.17) is 4.42 Å². The number of amides is 1. The van der Waals surface area contributed by atoms with E-state index in [0.29, 0.717) is 36.7 Å². The Morgan fingerprint density at radius 3 is 2.79 bits per heavy atom. The van der Waals surface area contributed by atoms with E-state index in [2.05, 4.69) is 20.3 Å². The van der Waals surface area contributed by atoms with Crippen LogP contribution in [0.4, 0.5) is 0 Å². The van der Waals surface area contributed by atoms with Crippen molar-refractivity contribution in [3.63, 3.8) is 0 Å². The maximum absolute atomic E-state index is 12.1. The van der Waals surface area contributed by atoms with Gasteiger partial charge in [0.15, 0.2) is 5.89 Å². The Morgan fingerprint density at radius 1 is 1.29 bits per heavy atom. The molecule has 3 heterocycles. The lowest BCUT2D eigenvalue weighted by Crippen LogP contribution is -2.26. The quantitative estimate of drug-likeness (QED) is 0.745. The van der Waals surface area contributed by atoms with Crippen molar-refractivity contribution in [1.29, 1.82) is 0 Å². The van der Waals surface area contributed by atoms with Gasteiger partial charge < -0.3 is 9.73 Å². The average Bonchev–Trinajstić information content (AvgIpc) is 3.22. The summed E-state index contributed by atoms with van der Waals surface area (Å²) in [6, 6.07) is 3.87. The number of hydrogen-bond acceptors (Lipinski definition) is 6. The Kier molecular flexibility index (Phi) is 5.00. The minimum atomic E-state index is -0.232. The zero-order valence-corrected chi connectivity index (χ0v) is 14.4. The fourth-order valence-corrected chi connectivity index (χ4v) is 3.11. The fraction of sp³-hybridized carbons (Fsp3) is 0.294. The molecule has 7 heteroatoms. The van der Waals surface area contributed by atoms with Crippen LogP contribution in [0.1, 0.15) is 34.8 Å². The van der Waals surface area contributed by atoms with Crippen molar-refractivity contribution >= 4 is 17.2 Å². The highest BCUT2D eigenvalue weighted by molar-refractivity contribution is 7.13. The largest absolute Gasteiger partial charge is 0.435 e. The van der Waals surface area contributed by atoms with Crippen LogP contribution in [0.2, 0.25) is 0 Å². The van der Waals surface area contributed by atoms with E-state index in [1.807, 2.05) is 24.4 Å². The second kappa shape index (κ2) is 7.35. The van der Waals surface area contributed by atoms with Crippen LogP contribution in [0, 0.1) is 6.92 Å². The first kappa shape index (κ1) is 16.3. The minimum absolute atomic E-state index is 0.232. The van der Waals surface area contributed by atoms with Crippen molar-refractivity contribution < 1.29 is 9.21 Å². The summed E-state index contributed by atoms with van der Waals surface area (Å²) in [7, 11) is 0. The number of aryl methyl sites for hydroxylation is 2. The highest BCUT2D eigenvalue weighted by Crippen LogP contribution is 2.22. The number of carbonyl (C=O) groups is 1. The number of aromatic nitrogens is 3. The van der Waals surface area contributed by atoms with Crippen molar-refractivity contribution in [2.24, 2.45) is 0 Å². The summed E-state index contributed by atoms with van der Waals surface area (Å²) >= 11 is 1.59. The zero-order chi connectivity index (χ0) is 16.9. The van der Waals surface area contributed by atoms with Crippen molar-refractivity contribution in [3.05, 3.63) is 52.9 Å². The van der Waals surface area contributed by atoms with Crippen LogP contribution >= 0.6 is 11.3 Å². The molecule has 0 saturated carbocycles. The number of nitrogens with one attached hydrogen (secondary N) is 1. The van der Waals surface area contributed by atoms with Crippen LogP contribution in [0.5, 0.6) is 0 Å². The average molecular weight is 342 g/mol. The lowest BCUT2D eigenvalue weighted by Gasteiger charge is -2.01. The molecule has 3 aromatic heterocycles. The third kappa shape index (κ3) is 3.68. The van der Waals surface area contributed by atoms with Gasteiger partial charge in [-0.15, -0.1) is 11.3 Å². The standard InChI is InChI=1S/C17H18N4O2S/c1-3-14-20-11(2)15(23-14)16(22)19-9-6-13-10-24-17(21-13)12-4-7-18-8-5-12/h4-5,7-8,10H,3,6,9H2,1-2H3,(H,19,22). The summed E-state index contributed by atoms with van der Waals surface area (Å²) in [6.45, 7) is 4.22. The Labute approximate surface area is 144 Å². The van der Waals surface area contributed by atoms with E-state index < -0.39 is 0 Å². The van der Waals surface area contributed by atoms with Gasteiger partial charge in [0.05, 0.1) is 11.4 Å². The van der Waals surface area contributed by atoms with Crippen LogP contribution in [0.15, 0.2) is 34.3 Å². The lowest BCUT2D eigenvalue weighted by atomic mass is 10.3. The van der Waals surface area contributed by atoms with Crippen LogP contribution in [0.25, 0.3) is 10.6 Å². The minimum Gasteiger partial charge on any atom is -0.435 e. The lowest BCUT2D eigenvalue weighted by molar-refractivity contribution is 0.0924. The van der Waals surface area contributed by atoms with Crippen molar-refractivity contribution in [2.75, 3.05) is 6.54 Å². The maximum Gasteiger partial charge on any atom is 0.289 e. The molecule has 0 fully saturated rings. The third-order valence-corrected chi connectivity index (χ3v) is 4.44. The van der Waals surface area contributed by atoms with Gasteiger partial charge in [0, 0.05) is 42.7 Å². The van der Waals surface area contributed by atoms with Gasteiger partial charge in [-0.05, 0) is 19.1 Å². The number of rotatable bonds is 6. The van der Waals surface area contributed by atoms with Crippen LogP contribution in [-0.2, 0) is 12.8 Å². The molecule has 0 saturated heterocycles. The zero-order valence-electron chi connectivity index (χ0n) is 13.6. The monoisotopic (exact) mass is 342 g/mol. The first-order chi connectivity index (χ1) is 11.7. The molecule has 0 radical (unpaired) electrons. The van der Waals surface area contributed by atoms with Gasteiger partial charge in [-0.2, -0.15) is 0 Å². The number of nitrogens with zero attached hydrogens (tertiary/aromatic N) is 3. The highest BCUT2D eigenvalue weighted by atomic mass is 32.1. The van der Waals surface area contributed by atoms with Gasteiger partial charge >= 0.3 is 0 Å². The molecule has 3 rings (SSSR count). The number of pyridine rings is 1. The molecule has 1 N–H and O–H groups in total. The number of carbonyl (C=O) groups excluding carboxylic acids is 1. The predicted molar refractivity (Wildman–Crippen MR) is 92.0 cm³/mol. The third-order valence-electron chi connectivity index (χ3n) is 3.50. The van der Waals surface area contributed by atoms with Crippen LogP contribution < -0.4 is 5.32 Å². The molecule has 0 unspecified atom stereocenters. The number of thiazole rings is 1. The molecular weight excluding hydrogens is 324 g/mol. The second-order valence-corrected chi connectivity index (χ2v) is 6.12. The molecule has 0 aliphatic carbocycles. The van der Waals surface area contributed by atoms with Gasteiger partial charge in [-0.25, -0.2) is 9.97 Å². The van der Waals surface area contributed by atoms with E-state index in [1.54, 1.807) is 30.7 Å². The summed E-state index contributed by atoms with van der Waals surface area (Å²) in [5.74, 6) is 0.644. The Balaban J connectivity index is 1.56. The SMILES string of the molecule is CCc1nc(C)c(C(=O)NCCc2csc(-c3ccncc3)n2)o1. The molecule has 0 aromatic carbocycles. The van der Waals surface area contributed by atoms with Crippen molar-refractivity contribution in [3.8, 4) is 10.6 Å². The van der Waals surface area contributed by atoms with Crippen LogP contribution in [0.3, 0.4) is 0 Å². The van der Waals surface area contributed by atoms with Gasteiger partial charge in [0.25, 0.3) is 5.91 Å². The Hall–Kier alpha value is -2.54. The molecule has 0 spiro atoms. The smallest absolute Gasteiger partial charge is 0.289 e. The molecule has 3 aromatic rings. The summed E-state index contributed by atoms with van der Waals surface area (Å²) in [6.07, 6.45) is 4.84. The molecule has 6 nitrogen and oxygen atoms in total. The molecule has 0 aliphatic heterocycles. The highest BCUT2D eigenvalue weighted by Gasteiger charge is 2.16. The van der Waals surface area contributed by atoms with Gasteiger partial charge in [0.2, 0.25) is 5.76 Å². The Bertz CT molecular complexity index is 826. The normalized spacial score (nSPS) is 10.8. The predicted octanol–water partition coefficient (Wildman–Crippen LogP) is 3.04. The molecular formula is C17H18N4O2S. The summed E-state index contributed by atoms with van der Waals surface area (Å²) < 4.78 is 5.45. The van der Waals surface area contributed by atoms with Gasteiger partial charge in [0.1, 0.15) is 5.01 Å². The molecule has 24 heavy (non-hydrogen) atoms. The topological polar surface area (TPSA) is 80.9 Å².